The summed E-state index contributed by atoms with van der Waals surface area (Å²) in [5.74, 6) is 0.189. The molecule has 1 amide bonds. The van der Waals surface area contributed by atoms with Crippen LogP contribution in [0, 0.1) is 0 Å². The minimum Gasteiger partial charge on any atom is -0.341 e. The largest absolute Gasteiger partial charge is 0.341 e. The van der Waals surface area contributed by atoms with Crippen molar-refractivity contribution in [3.8, 4) is 0 Å². The summed E-state index contributed by atoms with van der Waals surface area (Å²) < 4.78 is 1.79. The first kappa shape index (κ1) is 15.8. The van der Waals surface area contributed by atoms with E-state index in [4.69, 9.17) is 0 Å². The Bertz CT molecular complexity index is 626. The minimum atomic E-state index is -0.234. The Morgan fingerprint density at radius 3 is 2.50 bits per heavy atom. The van der Waals surface area contributed by atoms with Crippen molar-refractivity contribution < 1.29 is 4.79 Å². The zero-order valence-electron chi connectivity index (χ0n) is 12.3. The van der Waals surface area contributed by atoms with E-state index in [-0.39, 0.29) is 11.2 Å². The van der Waals surface area contributed by atoms with Crippen LogP contribution in [0.5, 0.6) is 0 Å². The van der Waals surface area contributed by atoms with E-state index in [1.54, 1.807) is 23.1 Å². The molecule has 0 aliphatic carbocycles. The summed E-state index contributed by atoms with van der Waals surface area (Å²) in [5.41, 5.74) is 1.03. The quantitative estimate of drug-likeness (QED) is 0.768. The zero-order chi connectivity index (χ0) is 15.4. The number of carbonyl (C=O) groups excluding carboxylic acids is 1. The van der Waals surface area contributed by atoms with Gasteiger partial charge in [0, 0.05) is 13.1 Å². The molecule has 1 aromatic heterocycles. The number of hydrogen-bond acceptors (Lipinski definition) is 6. The topological polar surface area (TPSA) is 46.1 Å². The van der Waals surface area contributed by atoms with Crippen molar-refractivity contribution in [2.75, 3.05) is 19.3 Å². The van der Waals surface area contributed by atoms with Crippen LogP contribution in [0.3, 0.4) is 0 Å². The lowest BCUT2D eigenvalue weighted by atomic mass is 10.1. The summed E-state index contributed by atoms with van der Waals surface area (Å²) in [4.78, 5) is 14.9. The van der Waals surface area contributed by atoms with Crippen molar-refractivity contribution in [1.29, 1.82) is 0 Å². The maximum absolute atomic E-state index is 12.9. The third-order valence-electron chi connectivity index (χ3n) is 3.53. The maximum Gasteiger partial charge on any atom is 0.240 e. The molecule has 22 heavy (non-hydrogen) atoms. The van der Waals surface area contributed by atoms with E-state index < -0.39 is 0 Å². The fourth-order valence-corrected chi connectivity index (χ4v) is 5.13. The number of carbonyl (C=O) groups is 1. The Morgan fingerprint density at radius 2 is 1.86 bits per heavy atom. The monoisotopic (exact) mass is 351 g/mol. The number of nitrogens with zero attached hydrogens (tertiary/aromatic N) is 3. The average molecular weight is 352 g/mol. The average Bonchev–Trinajstić information content (AvgIpc) is 3.24. The molecule has 2 aromatic rings. The van der Waals surface area contributed by atoms with Gasteiger partial charge in [0.25, 0.3) is 0 Å². The number of amides is 1. The molecule has 1 aromatic carbocycles. The summed E-state index contributed by atoms with van der Waals surface area (Å²) in [7, 11) is 0. The number of hydrogen-bond donors (Lipinski definition) is 0. The van der Waals surface area contributed by atoms with Gasteiger partial charge in [-0.1, -0.05) is 65.2 Å². The second-order valence-corrected chi connectivity index (χ2v) is 8.36. The predicted octanol–water partition coefficient (Wildman–Crippen LogP) is 3.72. The standard InChI is InChI=1S/C15H17N3OS3/c1-20-14-16-17-15(22-14)21-12(11-7-3-2-4-8-11)13(19)18-9-5-6-10-18/h2-4,7-8,12H,5-6,9-10H2,1H3/t12-/m1/s1. The lowest BCUT2D eigenvalue weighted by Gasteiger charge is -2.22. The summed E-state index contributed by atoms with van der Waals surface area (Å²) in [5, 5.41) is 8.09. The Balaban J connectivity index is 1.83. The van der Waals surface area contributed by atoms with Gasteiger partial charge < -0.3 is 4.90 Å². The Morgan fingerprint density at radius 1 is 1.18 bits per heavy atom. The maximum atomic E-state index is 12.9. The van der Waals surface area contributed by atoms with Gasteiger partial charge in [-0.25, -0.2) is 0 Å². The first-order chi connectivity index (χ1) is 10.8. The molecule has 1 aliphatic heterocycles. The molecule has 0 spiro atoms. The van der Waals surface area contributed by atoms with E-state index in [2.05, 4.69) is 10.2 Å². The van der Waals surface area contributed by atoms with Crippen LogP contribution in [-0.4, -0.2) is 40.3 Å². The van der Waals surface area contributed by atoms with Crippen LogP contribution in [0.4, 0.5) is 0 Å². The molecule has 0 unspecified atom stereocenters. The van der Waals surface area contributed by atoms with Gasteiger partial charge in [-0.15, -0.1) is 10.2 Å². The highest BCUT2D eigenvalue weighted by molar-refractivity contribution is 8.03. The van der Waals surface area contributed by atoms with Gasteiger partial charge in [0.15, 0.2) is 8.68 Å². The Kier molecular flexibility index (Phi) is 5.38. The molecule has 7 heteroatoms. The first-order valence-corrected chi connectivity index (χ1v) is 10.1. The predicted molar refractivity (Wildman–Crippen MR) is 92.5 cm³/mol. The van der Waals surface area contributed by atoms with Gasteiger partial charge in [0.2, 0.25) is 5.91 Å². The van der Waals surface area contributed by atoms with Crippen LogP contribution in [0.2, 0.25) is 0 Å². The smallest absolute Gasteiger partial charge is 0.240 e. The van der Waals surface area contributed by atoms with E-state index in [0.29, 0.717) is 0 Å². The summed E-state index contributed by atoms with van der Waals surface area (Å²) in [6.07, 6.45) is 4.19. The molecule has 1 atom stereocenters. The van der Waals surface area contributed by atoms with Crippen LogP contribution in [0.15, 0.2) is 39.0 Å². The van der Waals surface area contributed by atoms with Gasteiger partial charge in [-0.3, -0.25) is 4.79 Å². The van der Waals surface area contributed by atoms with Crippen molar-refractivity contribution in [1.82, 2.24) is 15.1 Å². The van der Waals surface area contributed by atoms with E-state index in [1.807, 2.05) is 41.5 Å². The Hall–Kier alpha value is -1.05. The molecule has 2 heterocycles. The fourth-order valence-electron chi connectivity index (χ4n) is 2.42. The molecule has 0 radical (unpaired) electrons. The van der Waals surface area contributed by atoms with E-state index in [1.165, 1.54) is 11.8 Å². The summed E-state index contributed by atoms with van der Waals surface area (Å²) in [6.45, 7) is 1.74. The molecule has 0 saturated carbocycles. The summed E-state index contributed by atoms with van der Waals surface area (Å²) in [6, 6.07) is 9.97. The number of thioether (sulfide) groups is 2. The molecule has 3 rings (SSSR count). The molecule has 4 nitrogen and oxygen atoms in total. The van der Waals surface area contributed by atoms with Crippen molar-refractivity contribution in [3.63, 3.8) is 0 Å². The van der Waals surface area contributed by atoms with Crippen LogP contribution >= 0.6 is 34.9 Å². The summed E-state index contributed by atoms with van der Waals surface area (Å²) >= 11 is 4.64. The van der Waals surface area contributed by atoms with Crippen LogP contribution < -0.4 is 0 Å². The third kappa shape index (κ3) is 3.64. The number of benzene rings is 1. The highest BCUT2D eigenvalue weighted by Crippen LogP contribution is 2.39. The van der Waals surface area contributed by atoms with E-state index in [9.17, 15) is 4.79 Å². The fraction of sp³-hybridized carbons (Fsp3) is 0.400. The van der Waals surface area contributed by atoms with Crippen molar-refractivity contribution in [3.05, 3.63) is 35.9 Å². The molecular weight excluding hydrogens is 334 g/mol. The second kappa shape index (κ2) is 7.48. The molecule has 1 fully saturated rings. The van der Waals surface area contributed by atoms with E-state index >= 15 is 0 Å². The van der Waals surface area contributed by atoms with E-state index in [0.717, 1.165) is 40.2 Å². The van der Waals surface area contributed by atoms with Gasteiger partial charge in [0.05, 0.1) is 0 Å². The SMILES string of the molecule is CSc1nnc(S[C@@H](C(=O)N2CCCC2)c2ccccc2)s1. The highest BCUT2D eigenvalue weighted by atomic mass is 32.2. The number of likely N-dealkylation sites (tertiary alicyclic amines) is 1. The Labute approximate surface area is 142 Å². The normalized spacial score (nSPS) is 16.0. The van der Waals surface area contributed by atoms with Crippen molar-refractivity contribution in [2.24, 2.45) is 0 Å². The molecule has 1 aliphatic rings. The first-order valence-electron chi connectivity index (χ1n) is 7.16. The van der Waals surface area contributed by atoms with Crippen molar-refractivity contribution in [2.45, 2.75) is 26.8 Å². The van der Waals surface area contributed by atoms with Gasteiger partial charge in [-0.05, 0) is 24.7 Å². The lowest BCUT2D eigenvalue weighted by Crippen LogP contribution is -2.31. The molecular formula is C15H17N3OS3. The number of rotatable bonds is 5. The van der Waals surface area contributed by atoms with Crippen LogP contribution in [0.25, 0.3) is 0 Å². The van der Waals surface area contributed by atoms with Crippen molar-refractivity contribution >= 4 is 40.8 Å². The number of aromatic nitrogens is 2. The molecule has 1 saturated heterocycles. The van der Waals surface area contributed by atoms with Gasteiger partial charge >= 0.3 is 0 Å². The zero-order valence-corrected chi connectivity index (χ0v) is 14.7. The third-order valence-corrected chi connectivity index (χ3v) is 6.75. The molecule has 0 bridgehead atoms. The lowest BCUT2D eigenvalue weighted by molar-refractivity contribution is -0.129. The van der Waals surface area contributed by atoms with Gasteiger partial charge in [0.1, 0.15) is 5.25 Å². The van der Waals surface area contributed by atoms with Crippen LogP contribution in [0.1, 0.15) is 23.7 Å². The highest BCUT2D eigenvalue weighted by Gasteiger charge is 2.29. The molecule has 116 valence electrons. The molecule has 0 N–H and O–H groups in total. The van der Waals surface area contributed by atoms with Crippen LogP contribution in [-0.2, 0) is 4.79 Å². The minimum absolute atomic E-state index is 0.189. The van der Waals surface area contributed by atoms with Gasteiger partial charge in [-0.2, -0.15) is 0 Å². The second-order valence-electron chi connectivity index (χ2n) is 4.98.